The number of Topliss-reactive ketones (excluding diaryl/α,β-unsaturated/α-hetero) is 1. The van der Waals surface area contributed by atoms with Crippen LogP contribution >= 0.6 is 0 Å². The largest absolute Gasteiger partial charge is 0.371 e. The first-order chi connectivity index (χ1) is 13.1. The summed E-state index contributed by atoms with van der Waals surface area (Å²) in [5.74, 6) is -0.847. The predicted octanol–water partition coefficient (Wildman–Crippen LogP) is 3.30. The number of carbonyl (C=O) groups excluding carboxylic acids is 2. The van der Waals surface area contributed by atoms with Gasteiger partial charge in [-0.25, -0.2) is 0 Å². The lowest BCUT2D eigenvalue weighted by Gasteiger charge is -2.32. The van der Waals surface area contributed by atoms with Crippen molar-refractivity contribution in [3.63, 3.8) is 0 Å². The number of fused-ring (bicyclic) bond motifs is 1. The van der Waals surface area contributed by atoms with Crippen LogP contribution in [0.3, 0.4) is 0 Å². The van der Waals surface area contributed by atoms with Crippen LogP contribution in [0.25, 0.3) is 0 Å². The third-order valence-electron chi connectivity index (χ3n) is 5.39. The van der Waals surface area contributed by atoms with Gasteiger partial charge in [0, 0.05) is 25.3 Å². The van der Waals surface area contributed by atoms with Gasteiger partial charge in [-0.1, -0.05) is 30.3 Å². The molecule has 0 atom stereocenters. The summed E-state index contributed by atoms with van der Waals surface area (Å²) >= 11 is 0. The summed E-state index contributed by atoms with van der Waals surface area (Å²) in [5.41, 5.74) is 3.76. The monoisotopic (exact) mass is 363 g/mol. The highest BCUT2D eigenvalue weighted by Crippen LogP contribution is 2.29. The van der Waals surface area contributed by atoms with Crippen molar-refractivity contribution in [1.82, 2.24) is 4.90 Å². The number of nitrogens with zero attached hydrogens (tertiary/aromatic N) is 3. The Bertz CT molecular complexity index is 858. The van der Waals surface area contributed by atoms with Gasteiger partial charge in [0.25, 0.3) is 5.78 Å². The Labute approximate surface area is 160 Å². The molecule has 2 aromatic carbocycles. The SMILES string of the molecule is CN(Cc1ccccc1N1CCCCC1)CN1C(=O)C(=O)c2ccccc21. The fraction of sp³-hybridized carbons (Fsp3) is 0.364. The number of carbonyl (C=O) groups is 2. The molecule has 1 saturated heterocycles. The van der Waals surface area contributed by atoms with Crippen molar-refractivity contribution in [2.24, 2.45) is 0 Å². The number of rotatable bonds is 5. The third kappa shape index (κ3) is 3.47. The van der Waals surface area contributed by atoms with Crippen molar-refractivity contribution in [3.8, 4) is 0 Å². The van der Waals surface area contributed by atoms with E-state index in [-0.39, 0.29) is 0 Å². The summed E-state index contributed by atoms with van der Waals surface area (Å²) in [6, 6.07) is 15.7. The first-order valence-electron chi connectivity index (χ1n) is 9.62. The quantitative estimate of drug-likeness (QED) is 0.765. The molecule has 5 heteroatoms. The van der Waals surface area contributed by atoms with Crippen molar-refractivity contribution in [2.75, 3.05) is 36.6 Å². The van der Waals surface area contributed by atoms with Gasteiger partial charge < -0.3 is 4.90 Å². The molecule has 0 aromatic heterocycles. The molecule has 2 aromatic rings. The van der Waals surface area contributed by atoms with Gasteiger partial charge in [-0.3, -0.25) is 19.4 Å². The molecule has 1 amide bonds. The molecule has 0 aliphatic carbocycles. The van der Waals surface area contributed by atoms with Crippen molar-refractivity contribution in [3.05, 3.63) is 59.7 Å². The van der Waals surface area contributed by atoms with Gasteiger partial charge in [0.2, 0.25) is 0 Å². The zero-order chi connectivity index (χ0) is 18.8. The normalized spacial score (nSPS) is 17.0. The van der Waals surface area contributed by atoms with Crippen LogP contribution in [-0.4, -0.2) is 43.4 Å². The van der Waals surface area contributed by atoms with Gasteiger partial charge in [0.15, 0.2) is 0 Å². The van der Waals surface area contributed by atoms with Gasteiger partial charge in [-0.05, 0) is 50.1 Å². The maximum atomic E-state index is 12.4. The summed E-state index contributed by atoms with van der Waals surface area (Å²) in [4.78, 5) is 30.7. The Hall–Kier alpha value is -2.66. The molecular formula is C22H25N3O2. The minimum Gasteiger partial charge on any atom is -0.371 e. The number of hydrogen-bond acceptors (Lipinski definition) is 4. The van der Waals surface area contributed by atoms with E-state index >= 15 is 0 Å². The molecule has 0 bridgehead atoms. The second-order valence-electron chi connectivity index (χ2n) is 7.41. The van der Waals surface area contributed by atoms with Gasteiger partial charge in [-0.15, -0.1) is 0 Å². The summed E-state index contributed by atoms with van der Waals surface area (Å²) in [5, 5.41) is 0. The second kappa shape index (κ2) is 7.53. The highest BCUT2D eigenvalue weighted by atomic mass is 16.2. The molecule has 1 fully saturated rings. The smallest absolute Gasteiger partial charge is 0.300 e. The lowest BCUT2D eigenvalue weighted by atomic mass is 10.1. The number of piperidine rings is 1. The Balaban J connectivity index is 1.50. The molecule has 5 nitrogen and oxygen atoms in total. The number of ketones is 1. The zero-order valence-electron chi connectivity index (χ0n) is 15.7. The number of amides is 1. The van der Waals surface area contributed by atoms with Crippen molar-refractivity contribution in [2.45, 2.75) is 25.8 Å². The van der Waals surface area contributed by atoms with Crippen LogP contribution in [0.5, 0.6) is 0 Å². The average molecular weight is 363 g/mol. The molecule has 0 N–H and O–H groups in total. The zero-order valence-corrected chi connectivity index (χ0v) is 15.7. The number of benzene rings is 2. The first kappa shape index (κ1) is 17.7. The average Bonchev–Trinajstić information content (AvgIpc) is 2.94. The topological polar surface area (TPSA) is 43.9 Å². The maximum Gasteiger partial charge on any atom is 0.300 e. The lowest BCUT2D eigenvalue weighted by molar-refractivity contribution is -0.114. The fourth-order valence-corrected chi connectivity index (χ4v) is 4.06. The van der Waals surface area contributed by atoms with Crippen molar-refractivity contribution >= 4 is 23.1 Å². The highest BCUT2D eigenvalue weighted by molar-refractivity contribution is 6.52. The number of anilines is 2. The standard InChI is InChI=1S/C22H25N3O2/c1-23(16-25-20-12-6-4-10-18(20)21(26)22(25)27)15-17-9-3-5-11-19(17)24-13-7-2-8-14-24/h3-6,9-12H,2,7-8,13-16H2,1H3. The van der Waals surface area contributed by atoms with Crippen molar-refractivity contribution in [1.29, 1.82) is 0 Å². The minimum atomic E-state index is -0.438. The van der Waals surface area contributed by atoms with E-state index in [1.165, 1.54) is 30.5 Å². The number of para-hydroxylation sites is 2. The molecule has 4 rings (SSSR count). The van der Waals surface area contributed by atoms with E-state index in [0.717, 1.165) is 19.6 Å². The molecule has 0 saturated carbocycles. The minimum absolute atomic E-state index is 0.399. The molecule has 0 unspecified atom stereocenters. The third-order valence-corrected chi connectivity index (χ3v) is 5.39. The van der Waals surface area contributed by atoms with Gasteiger partial charge in [-0.2, -0.15) is 0 Å². The van der Waals surface area contributed by atoms with E-state index in [2.05, 4.69) is 34.1 Å². The van der Waals surface area contributed by atoms with Gasteiger partial charge in [0.1, 0.15) is 0 Å². The Morgan fingerprint density at radius 1 is 0.889 bits per heavy atom. The Kier molecular flexibility index (Phi) is 4.94. The predicted molar refractivity (Wildman–Crippen MR) is 107 cm³/mol. The van der Waals surface area contributed by atoms with E-state index in [1.54, 1.807) is 17.0 Å². The van der Waals surface area contributed by atoms with E-state index in [4.69, 9.17) is 0 Å². The fourth-order valence-electron chi connectivity index (χ4n) is 4.06. The molecule has 2 aliphatic heterocycles. The van der Waals surface area contributed by atoms with E-state index < -0.39 is 11.7 Å². The van der Waals surface area contributed by atoms with Crippen LogP contribution in [0.15, 0.2) is 48.5 Å². The summed E-state index contributed by atoms with van der Waals surface area (Å²) in [6.07, 6.45) is 3.79. The van der Waals surface area contributed by atoms with Gasteiger partial charge in [0.05, 0.1) is 17.9 Å². The van der Waals surface area contributed by atoms with Crippen LogP contribution in [0, 0.1) is 0 Å². The lowest BCUT2D eigenvalue weighted by Crippen LogP contribution is -2.39. The van der Waals surface area contributed by atoms with Gasteiger partial charge >= 0.3 is 5.91 Å². The molecule has 2 heterocycles. The van der Waals surface area contributed by atoms with E-state index in [0.29, 0.717) is 17.9 Å². The molecule has 0 spiro atoms. The molecule has 2 aliphatic rings. The second-order valence-corrected chi connectivity index (χ2v) is 7.41. The molecule has 27 heavy (non-hydrogen) atoms. The van der Waals surface area contributed by atoms with Crippen LogP contribution < -0.4 is 9.80 Å². The molecule has 0 radical (unpaired) electrons. The Morgan fingerprint density at radius 2 is 1.56 bits per heavy atom. The molecular weight excluding hydrogens is 338 g/mol. The number of hydrogen-bond donors (Lipinski definition) is 0. The Morgan fingerprint density at radius 3 is 2.33 bits per heavy atom. The maximum absolute atomic E-state index is 12.4. The van der Waals surface area contributed by atoms with Crippen LogP contribution in [0.4, 0.5) is 11.4 Å². The van der Waals surface area contributed by atoms with Crippen molar-refractivity contribution < 1.29 is 9.59 Å². The molecule has 140 valence electrons. The first-order valence-corrected chi connectivity index (χ1v) is 9.62. The van der Waals surface area contributed by atoms with E-state index in [1.807, 2.05) is 19.2 Å². The van der Waals surface area contributed by atoms with Crippen LogP contribution in [0.1, 0.15) is 35.2 Å². The highest BCUT2D eigenvalue weighted by Gasteiger charge is 2.35. The summed E-state index contributed by atoms with van der Waals surface area (Å²) in [6.45, 7) is 3.34. The van der Waals surface area contributed by atoms with Crippen LogP contribution in [-0.2, 0) is 11.3 Å². The summed E-state index contributed by atoms with van der Waals surface area (Å²) < 4.78 is 0. The van der Waals surface area contributed by atoms with Crippen LogP contribution in [0.2, 0.25) is 0 Å². The summed E-state index contributed by atoms with van der Waals surface area (Å²) in [7, 11) is 1.99. The van der Waals surface area contributed by atoms with E-state index in [9.17, 15) is 9.59 Å².